The first-order valence-electron chi connectivity index (χ1n) is 9.10. The molecule has 2 bridgehead atoms. The van der Waals surface area contributed by atoms with Crippen molar-refractivity contribution < 1.29 is 14.0 Å². The van der Waals surface area contributed by atoms with Crippen LogP contribution in [-0.2, 0) is 0 Å². The quantitative estimate of drug-likeness (QED) is 0.717. The molecule has 2 saturated carbocycles. The Morgan fingerprint density at radius 1 is 1.15 bits per heavy atom. The van der Waals surface area contributed by atoms with E-state index >= 15 is 0 Å². The Balaban J connectivity index is 0.00000210. The molecule has 2 fully saturated rings. The van der Waals surface area contributed by atoms with Crippen molar-refractivity contribution in [2.75, 3.05) is 5.32 Å². The van der Waals surface area contributed by atoms with E-state index in [1.54, 1.807) is 18.2 Å². The van der Waals surface area contributed by atoms with Crippen molar-refractivity contribution in [2.45, 2.75) is 44.2 Å². The summed E-state index contributed by atoms with van der Waals surface area (Å²) >= 11 is 1.33. The van der Waals surface area contributed by atoms with Gasteiger partial charge < -0.3 is 20.8 Å². The number of rotatable bonds is 4. The van der Waals surface area contributed by atoms with Gasteiger partial charge in [-0.15, -0.1) is 23.7 Å². The summed E-state index contributed by atoms with van der Waals surface area (Å²) in [5.41, 5.74) is 6.67. The van der Waals surface area contributed by atoms with Crippen molar-refractivity contribution in [3.63, 3.8) is 0 Å². The highest BCUT2D eigenvalue weighted by Crippen LogP contribution is 2.40. The van der Waals surface area contributed by atoms with Crippen LogP contribution in [0.15, 0.2) is 34.3 Å². The molecule has 2 atom stereocenters. The Morgan fingerprint density at radius 2 is 1.89 bits per heavy atom. The van der Waals surface area contributed by atoms with Crippen LogP contribution in [0, 0.1) is 11.8 Å². The second-order valence-electron chi connectivity index (χ2n) is 7.28. The van der Waals surface area contributed by atoms with Crippen LogP contribution in [0.4, 0.5) is 5.00 Å². The summed E-state index contributed by atoms with van der Waals surface area (Å²) in [5.74, 6) is 0.661. The lowest BCUT2D eigenvalue weighted by Gasteiger charge is -2.45. The molecular weight excluding hydrogens is 386 g/mol. The number of amides is 2. The summed E-state index contributed by atoms with van der Waals surface area (Å²) in [6, 6.07) is 5.44. The number of thiophene rings is 1. The number of hydrogen-bond acceptors (Lipinski definition) is 5. The number of hydrogen-bond donors (Lipinski definition) is 3. The Bertz CT molecular complexity index is 778. The van der Waals surface area contributed by atoms with Gasteiger partial charge in [-0.3, -0.25) is 9.59 Å². The molecule has 2 amide bonds. The van der Waals surface area contributed by atoms with Gasteiger partial charge >= 0.3 is 0 Å². The van der Waals surface area contributed by atoms with Crippen LogP contribution in [0.3, 0.4) is 0 Å². The molecule has 27 heavy (non-hydrogen) atoms. The molecule has 2 aliphatic carbocycles. The highest BCUT2D eigenvalue weighted by atomic mass is 35.5. The molecule has 0 spiro atoms. The van der Waals surface area contributed by atoms with Crippen molar-refractivity contribution >= 4 is 40.6 Å². The summed E-state index contributed by atoms with van der Waals surface area (Å²) in [6.45, 7) is 0. The topological polar surface area (TPSA) is 97.4 Å². The minimum atomic E-state index is -0.355. The van der Waals surface area contributed by atoms with E-state index in [9.17, 15) is 9.59 Å². The van der Waals surface area contributed by atoms with E-state index in [-0.39, 0.29) is 42.1 Å². The number of carbonyl (C=O) groups excluding carboxylic acids is 2. The molecule has 0 saturated heterocycles. The normalized spacial score (nSPS) is 26.7. The first kappa shape index (κ1) is 19.9. The predicted octanol–water partition coefficient (Wildman–Crippen LogP) is 3.65. The maximum absolute atomic E-state index is 12.9. The number of fused-ring (bicyclic) bond motifs is 2. The number of carbonyl (C=O) groups is 2. The fraction of sp³-hybridized carbons (Fsp3) is 0.474. The zero-order valence-corrected chi connectivity index (χ0v) is 16.5. The van der Waals surface area contributed by atoms with Gasteiger partial charge in [-0.2, -0.15) is 0 Å². The zero-order chi connectivity index (χ0) is 18.1. The molecule has 4 N–H and O–H groups in total. The standard InChI is InChI=1S/C19H23N3O3S.ClH/c20-13-9-11-3-1-4-12(10-13)16(11)21-17(23)14-6-8-26-19(14)22-18(24)15-5-2-7-25-15;/h2,5-8,11-13,16H,1,3-4,9-10,20H2,(H,21,23)(H,22,24);1H. The van der Waals surface area contributed by atoms with Crippen LogP contribution in [-0.4, -0.2) is 23.9 Å². The van der Waals surface area contributed by atoms with E-state index in [1.807, 2.05) is 5.38 Å². The van der Waals surface area contributed by atoms with Crippen LogP contribution >= 0.6 is 23.7 Å². The second kappa shape index (κ2) is 8.46. The highest BCUT2D eigenvalue weighted by Gasteiger charge is 2.40. The summed E-state index contributed by atoms with van der Waals surface area (Å²) in [6.07, 6.45) is 6.88. The third kappa shape index (κ3) is 4.20. The summed E-state index contributed by atoms with van der Waals surface area (Å²) < 4.78 is 5.11. The third-order valence-corrected chi connectivity index (χ3v) is 6.39. The van der Waals surface area contributed by atoms with Crippen LogP contribution < -0.4 is 16.4 Å². The van der Waals surface area contributed by atoms with Gasteiger partial charge in [0.15, 0.2) is 5.76 Å². The Morgan fingerprint density at radius 3 is 2.56 bits per heavy atom. The van der Waals surface area contributed by atoms with E-state index in [4.69, 9.17) is 10.2 Å². The maximum Gasteiger partial charge on any atom is 0.291 e. The van der Waals surface area contributed by atoms with E-state index in [2.05, 4.69) is 10.6 Å². The molecule has 4 rings (SSSR count). The minimum absolute atomic E-state index is 0. The molecule has 6 nitrogen and oxygen atoms in total. The largest absolute Gasteiger partial charge is 0.459 e. The number of furan rings is 1. The number of nitrogens with one attached hydrogen (secondary N) is 2. The van der Waals surface area contributed by atoms with Crippen molar-refractivity contribution in [1.82, 2.24) is 5.32 Å². The predicted molar refractivity (Wildman–Crippen MR) is 108 cm³/mol. The molecule has 2 aromatic heterocycles. The van der Waals surface area contributed by atoms with Gasteiger partial charge in [-0.25, -0.2) is 0 Å². The van der Waals surface area contributed by atoms with Gasteiger partial charge in [-0.05, 0) is 61.1 Å². The van der Waals surface area contributed by atoms with Crippen molar-refractivity contribution in [1.29, 1.82) is 0 Å². The van der Waals surface area contributed by atoms with Crippen LogP contribution in [0.2, 0.25) is 0 Å². The van der Waals surface area contributed by atoms with Crippen LogP contribution in [0.1, 0.15) is 53.0 Å². The fourth-order valence-corrected chi connectivity index (χ4v) is 5.19. The molecular formula is C19H24ClN3O3S. The number of nitrogens with two attached hydrogens (primary N) is 1. The average molecular weight is 410 g/mol. The smallest absolute Gasteiger partial charge is 0.291 e. The molecule has 0 aromatic carbocycles. The lowest BCUT2D eigenvalue weighted by Crippen LogP contribution is -2.53. The average Bonchev–Trinajstić information content (AvgIpc) is 3.27. The fourth-order valence-electron chi connectivity index (χ4n) is 4.41. The SMILES string of the molecule is Cl.NC1CC2CCCC(C1)C2NC(=O)c1ccsc1NC(=O)c1ccco1. The van der Waals surface area contributed by atoms with Crippen molar-refractivity contribution in [2.24, 2.45) is 17.6 Å². The van der Waals surface area contributed by atoms with E-state index in [0.717, 1.165) is 25.7 Å². The molecule has 8 heteroatoms. The first-order valence-corrected chi connectivity index (χ1v) is 9.98. The van der Waals surface area contributed by atoms with Crippen LogP contribution in [0.25, 0.3) is 0 Å². The summed E-state index contributed by atoms with van der Waals surface area (Å²) in [4.78, 5) is 25.1. The molecule has 2 heterocycles. The van der Waals surface area contributed by atoms with E-state index in [0.29, 0.717) is 22.4 Å². The Labute approximate surface area is 168 Å². The minimum Gasteiger partial charge on any atom is -0.459 e. The monoisotopic (exact) mass is 409 g/mol. The molecule has 2 aromatic rings. The first-order chi connectivity index (χ1) is 12.6. The van der Waals surface area contributed by atoms with Gasteiger partial charge in [0.25, 0.3) is 11.8 Å². The number of halogens is 1. The Hall–Kier alpha value is -1.83. The maximum atomic E-state index is 12.9. The molecule has 2 aliphatic rings. The van der Waals surface area contributed by atoms with E-state index < -0.39 is 0 Å². The lowest BCUT2D eigenvalue weighted by molar-refractivity contribution is 0.0757. The molecule has 2 unspecified atom stereocenters. The summed E-state index contributed by atoms with van der Waals surface area (Å²) in [5, 5.41) is 8.36. The second-order valence-corrected chi connectivity index (χ2v) is 8.19. The van der Waals surface area contributed by atoms with Gasteiger partial charge in [0, 0.05) is 12.1 Å². The third-order valence-electron chi connectivity index (χ3n) is 5.56. The van der Waals surface area contributed by atoms with Gasteiger partial charge in [0.2, 0.25) is 0 Å². The van der Waals surface area contributed by atoms with E-state index in [1.165, 1.54) is 24.0 Å². The van der Waals surface area contributed by atoms with Gasteiger partial charge in [0.05, 0.1) is 11.8 Å². The van der Waals surface area contributed by atoms with Gasteiger partial charge in [0.1, 0.15) is 5.00 Å². The molecule has 0 radical (unpaired) electrons. The van der Waals surface area contributed by atoms with Crippen molar-refractivity contribution in [3.8, 4) is 0 Å². The zero-order valence-electron chi connectivity index (χ0n) is 14.9. The lowest BCUT2D eigenvalue weighted by atomic mass is 9.67. The molecule has 146 valence electrons. The van der Waals surface area contributed by atoms with Gasteiger partial charge in [-0.1, -0.05) is 6.42 Å². The number of anilines is 1. The summed E-state index contributed by atoms with van der Waals surface area (Å²) in [7, 11) is 0. The molecule has 0 aliphatic heterocycles. The van der Waals surface area contributed by atoms with Crippen molar-refractivity contribution in [3.05, 3.63) is 41.2 Å². The Kier molecular flexibility index (Phi) is 6.24. The van der Waals surface area contributed by atoms with Crippen LogP contribution in [0.5, 0.6) is 0 Å². The highest BCUT2D eigenvalue weighted by molar-refractivity contribution is 7.14.